The summed E-state index contributed by atoms with van der Waals surface area (Å²) in [6, 6.07) is -0.227. The zero-order chi connectivity index (χ0) is 8.27. The summed E-state index contributed by atoms with van der Waals surface area (Å²) in [6.07, 6.45) is 0. The topological polar surface area (TPSA) is 38.8 Å². The van der Waals surface area contributed by atoms with E-state index in [1.807, 2.05) is 3.11 Å². The summed E-state index contributed by atoms with van der Waals surface area (Å²) in [7, 11) is 1.39. The third-order valence-electron chi connectivity index (χ3n) is 1.54. The average Bonchev–Trinajstić information content (AvgIpc) is 2.04. The highest BCUT2D eigenvalue weighted by atomic mass is 127. The van der Waals surface area contributed by atoms with Crippen LogP contribution in [0.4, 0.5) is 0 Å². The third-order valence-corrected chi connectivity index (χ3v) is 2.69. The van der Waals surface area contributed by atoms with Crippen LogP contribution in [0, 0.1) is 0 Å². The molecule has 1 rings (SSSR count). The van der Waals surface area contributed by atoms with Crippen LogP contribution in [-0.2, 0) is 14.3 Å². The number of carbonyl (C=O) groups excluding carboxylic acids is 1. The lowest BCUT2D eigenvalue weighted by molar-refractivity contribution is -0.148. The van der Waals surface area contributed by atoms with E-state index in [2.05, 4.69) is 27.6 Å². The van der Waals surface area contributed by atoms with E-state index >= 15 is 0 Å². The van der Waals surface area contributed by atoms with Crippen molar-refractivity contribution in [2.75, 3.05) is 26.9 Å². The molecule has 0 aromatic rings. The number of morpholine rings is 1. The van der Waals surface area contributed by atoms with E-state index in [1.54, 1.807) is 0 Å². The van der Waals surface area contributed by atoms with Crippen LogP contribution >= 0.6 is 22.9 Å². The van der Waals surface area contributed by atoms with Crippen molar-refractivity contribution in [2.45, 2.75) is 6.04 Å². The van der Waals surface area contributed by atoms with Gasteiger partial charge in [-0.15, -0.1) is 0 Å². The summed E-state index contributed by atoms with van der Waals surface area (Å²) >= 11 is 2.11. The first kappa shape index (κ1) is 9.21. The highest BCUT2D eigenvalue weighted by molar-refractivity contribution is 14.1. The van der Waals surface area contributed by atoms with Crippen LogP contribution in [0.2, 0.25) is 0 Å². The van der Waals surface area contributed by atoms with Gasteiger partial charge in [0.15, 0.2) is 0 Å². The fourth-order valence-electron chi connectivity index (χ4n) is 0.902. The number of esters is 1. The summed E-state index contributed by atoms with van der Waals surface area (Å²) in [5.41, 5.74) is 0. The van der Waals surface area contributed by atoms with Gasteiger partial charge in [-0.2, -0.15) is 0 Å². The van der Waals surface area contributed by atoms with Crippen molar-refractivity contribution in [1.29, 1.82) is 0 Å². The van der Waals surface area contributed by atoms with E-state index in [9.17, 15) is 4.79 Å². The van der Waals surface area contributed by atoms with Crippen LogP contribution in [0.3, 0.4) is 0 Å². The molecule has 0 spiro atoms. The molecular weight excluding hydrogens is 261 g/mol. The standard InChI is InChI=1S/C6H10INO3/c1-10-6(9)5-4-11-3-2-8(5)7/h5H,2-4H2,1H3. The van der Waals surface area contributed by atoms with Gasteiger partial charge in [0.1, 0.15) is 6.04 Å². The quantitative estimate of drug-likeness (QED) is 0.388. The minimum atomic E-state index is -0.227. The van der Waals surface area contributed by atoms with Gasteiger partial charge in [0.2, 0.25) is 0 Å². The van der Waals surface area contributed by atoms with Gasteiger partial charge in [-0.1, -0.05) is 0 Å². The molecule has 0 aliphatic carbocycles. The van der Waals surface area contributed by atoms with Crippen molar-refractivity contribution < 1.29 is 14.3 Å². The zero-order valence-corrected chi connectivity index (χ0v) is 8.41. The first-order chi connectivity index (χ1) is 5.25. The Bertz CT molecular complexity index is 153. The number of rotatable bonds is 1. The van der Waals surface area contributed by atoms with E-state index < -0.39 is 0 Å². The van der Waals surface area contributed by atoms with Gasteiger partial charge in [0, 0.05) is 29.4 Å². The van der Waals surface area contributed by atoms with Crippen molar-refractivity contribution in [3.63, 3.8) is 0 Å². The van der Waals surface area contributed by atoms with Gasteiger partial charge in [-0.25, -0.2) is 3.11 Å². The molecule has 0 N–H and O–H groups in total. The molecule has 0 amide bonds. The van der Waals surface area contributed by atoms with Crippen molar-refractivity contribution >= 4 is 28.8 Å². The Hall–Kier alpha value is 0.120. The molecule has 0 aromatic carbocycles. The number of hydrogen-bond acceptors (Lipinski definition) is 4. The minimum Gasteiger partial charge on any atom is -0.468 e. The molecule has 1 aliphatic heterocycles. The molecule has 5 heteroatoms. The van der Waals surface area contributed by atoms with Crippen molar-refractivity contribution in [3.8, 4) is 0 Å². The van der Waals surface area contributed by atoms with Crippen LogP contribution in [-0.4, -0.2) is 42.0 Å². The zero-order valence-electron chi connectivity index (χ0n) is 6.25. The second-order valence-corrected chi connectivity index (χ2v) is 3.48. The summed E-state index contributed by atoms with van der Waals surface area (Å²) in [5.74, 6) is -0.223. The number of nitrogens with zero attached hydrogens (tertiary/aromatic N) is 1. The molecule has 1 atom stereocenters. The Balaban J connectivity index is 2.47. The molecule has 0 bridgehead atoms. The highest BCUT2D eigenvalue weighted by Gasteiger charge is 2.28. The van der Waals surface area contributed by atoms with Crippen LogP contribution in [0.25, 0.3) is 0 Å². The number of methoxy groups -OCH3 is 1. The smallest absolute Gasteiger partial charge is 0.326 e. The molecule has 1 fully saturated rings. The van der Waals surface area contributed by atoms with Crippen LogP contribution < -0.4 is 0 Å². The van der Waals surface area contributed by atoms with Crippen molar-refractivity contribution in [1.82, 2.24) is 3.11 Å². The Morgan fingerprint density at radius 3 is 3.09 bits per heavy atom. The van der Waals surface area contributed by atoms with Gasteiger partial charge >= 0.3 is 5.97 Å². The summed E-state index contributed by atoms with van der Waals surface area (Å²) in [6.45, 7) is 1.91. The second-order valence-electron chi connectivity index (χ2n) is 2.24. The second kappa shape index (κ2) is 4.22. The molecule has 0 saturated carbocycles. The first-order valence-electron chi connectivity index (χ1n) is 3.33. The predicted octanol–water partition coefficient (Wildman–Crippen LogP) is 0.210. The molecule has 1 unspecified atom stereocenters. The lowest BCUT2D eigenvalue weighted by Crippen LogP contribution is -2.44. The minimum absolute atomic E-state index is 0.223. The lowest BCUT2D eigenvalue weighted by atomic mass is 10.3. The van der Waals surface area contributed by atoms with E-state index in [-0.39, 0.29) is 12.0 Å². The van der Waals surface area contributed by atoms with E-state index in [0.29, 0.717) is 13.2 Å². The van der Waals surface area contributed by atoms with E-state index in [1.165, 1.54) is 7.11 Å². The number of halogens is 1. The molecule has 1 heterocycles. The number of hydrogen-bond donors (Lipinski definition) is 0. The molecule has 4 nitrogen and oxygen atoms in total. The Kier molecular flexibility index (Phi) is 3.53. The molecule has 0 aromatic heterocycles. The van der Waals surface area contributed by atoms with Crippen LogP contribution in [0.15, 0.2) is 0 Å². The van der Waals surface area contributed by atoms with Crippen LogP contribution in [0.5, 0.6) is 0 Å². The van der Waals surface area contributed by atoms with Crippen molar-refractivity contribution in [2.24, 2.45) is 0 Å². The fraction of sp³-hybridized carbons (Fsp3) is 0.833. The average molecular weight is 271 g/mol. The molecule has 1 saturated heterocycles. The van der Waals surface area contributed by atoms with Gasteiger partial charge in [-0.05, 0) is 0 Å². The maximum Gasteiger partial charge on any atom is 0.326 e. The Morgan fingerprint density at radius 2 is 2.55 bits per heavy atom. The van der Waals surface area contributed by atoms with E-state index in [0.717, 1.165) is 6.54 Å². The normalized spacial score (nSPS) is 26.5. The number of ether oxygens (including phenoxy) is 2. The fourth-order valence-corrected chi connectivity index (χ4v) is 1.49. The lowest BCUT2D eigenvalue weighted by Gasteiger charge is -2.27. The van der Waals surface area contributed by atoms with Crippen molar-refractivity contribution in [3.05, 3.63) is 0 Å². The molecule has 11 heavy (non-hydrogen) atoms. The molecule has 0 radical (unpaired) electrons. The Labute approximate surface area is 79.3 Å². The summed E-state index contributed by atoms with van der Waals surface area (Å²) in [4.78, 5) is 11.0. The molecular formula is C6H10INO3. The van der Waals surface area contributed by atoms with Gasteiger partial charge in [-0.3, -0.25) is 4.79 Å². The maximum atomic E-state index is 11.0. The van der Waals surface area contributed by atoms with Gasteiger partial charge in [0.25, 0.3) is 0 Å². The first-order valence-corrected chi connectivity index (χ1v) is 4.30. The SMILES string of the molecule is COC(=O)C1COCCN1I. The monoisotopic (exact) mass is 271 g/mol. The van der Waals surface area contributed by atoms with E-state index in [4.69, 9.17) is 4.74 Å². The third kappa shape index (κ3) is 2.28. The largest absolute Gasteiger partial charge is 0.468 e. The predicted molar refractivity (Wildman–Crippen MR) is 47.3 cm³/mol. The highest BCUT2D eigenvalue weighted by Crippen LogP contribution is 2.12. The summed E-state index contributed by atoms with van der Waals surface area (Å²) in [5, 5.41) is 0. The van der Waals surface area contributed by atoms with Gasteiger partial charge < -0.3 is 9.47 Å². The molecule has 64 valence electrons. The van der Waals surface area contributed by atoms with Crippen LogP contribution in [0.1, 0.15) is 0 Å². The Morgan fingerprint density at radius 1 is 1.82 bits per heavy atom. The number of carbonyl (C=O) groups is 1. The molecule has 1 aliphatic rings. The summed E-state index contributed by atoms with van der Waals surface area (Å²) < 4.78 is 11.6. The van der Waals surface area contributed by atoms with Gasteiger partial charge in [0.05, 0.1) is 20.3 Å². The maximum absolute atomic E-state index is 11.0.